The van der Waals surface area contributed by atoms with Gasteiger partial charge >= 0.3 is 0 Å². The highest BCUT2D eigenvalue weighted by atomic mass is 16.3. The van der Waals surface area contributed by atoms with Crippen LogP contribution in [0.15, 0.2) is 4.99 Å². The summed E-state index contributed by atoms with van der Waals surface area (Å²) >= 11 is 0. The molecule has 1 unspecified atom stereocenters. The zero-order chi connectivity index (χ0) is 11.8. The summed E-state index contributed by atoms with van der Waals surface area (Å²) in [6.07, 6.45) is 7.91. The van der Waals surface area contributed by atoms with Crippen LogP contribution >= 0.6 is 0 Å². The average Bonchev–Trinajstić information content (AvgIpc) is 2.29. The standard InChI is InChI=1S/C12H25N3O/c1-2-10(8-9-16)14-12(13)15-11-6-4-3-5-7-11/h10-11,16H,2-9H2,1H3,(H3,13,14,15). The molecular formula is C12H25N3O. The average molecular weight is 227 g/mol. The molecule has 1 fully saturated rings. The van der Waals surface area contributed by atoms with Crippen molar-refractivity contribution in [2.24, 2.45) is 10.7 Å². The summed E-state index contributed by atoms with van der Waals surface area (Å²) in [6, 6.07) is 0.658. The molecule has 1 rings (SSSR count). The van der Waals surface area contributed by atoms with Crippen LogP contribution in [-0.4, -0.2) is 29.8 Å². The summed E-state index contributed by atoms with van der Waals surface area (Å²) in [4.78, 5) is 4.51. The molecule has 16 heavy (non-hydrogen) atoms. The molecule has 1 atom stereocenters. The highest BCUT2D eigenvalue weighted by molar-refractivity contribution is 5.78. The number of guanidine groups is 1. The first kappa shape index (κ1) is 13.3. The number of nitrogens with two attached hydrogens (primary N) is 1. The van der Waals surface area contributed by atoms with E-state index in [2.05, 4.69) is 17.2 Å². The minimum Gasteiger partial charge on any atom is -0.396 e. The van der Waals surface area contributed by atoms with Crippen LogP contribution in [0, 0.1) is 0 Å². The van der Waals surface area contributed by atoms with Crippen LogP contribution in [0.4, 0.5) is 0 Å². The summed E-state index contributed by atoms with van der Waals surface area (Å²) in [6.45, 7) is 2.28. The van der Waals surface area contributed by atoms with E-state index < -0.39 is 0 Å². The number of nitrogens with zero attached hydrogens (tertiary/aromatic N) is 1. The van der Waals surface area contributed by atoms with Gasteiger partial charge in [-0.3, -0.25) is 4.99 Å². The van der Waals surface area contributed by atoms with Crippen LogP contribution < -0.4 is 11.1 Å². The highest BCUT2D eigenvalue weighted by Crippen LogP contribution is 2.19. The third-order valence-electron chi connectivity index (χ3n) is 3.22. The van der Waals surface area contributed by atoms with Crippen molar-refractivity contribution in [2.45, 2.75) is 64.0 Å². The van der Waals surface area contributed by atoms with E-state index in [9.17, 15) is 0 Å². The van der Waals surface area contributed by atoms with Gasteiger partial charge in [-0.05, 0) is 25.7 Å². The molecule has 0 aromatic carbocycles. The van der Waals surface area contributed by atoms with E-state index in [4.69, 9.17) is 10.8 Å². The van der Waals surface area contributed by atoms with E-state index >= 15 is 0 Å². The predicted molar refractivity (Wildman–Crippen MR) is 67.4 cm³/mol. The van der Waals surface area contributed by atoms with E-state index in [0.717, 1.165) is 12.8 Å². The number of aliphatic hydroxyl groups is 1. The molecule has 4 nitrogen and oxygen atoms in total. The van der Waals surface area contributed by atoms with Crippen LogP contribution in [0.5, 0.6) is 0 Å². The second-order valence-corrected chi connectivity index (χ2v) is 4.57. The topological polar surface area (TPSA) is 70.6 Å². The molecule has 0 aromatic heterocycles. The third kappa shape index (κ3) is 4.84. The molecule has 0 aromatic rings. The Morgan fingerprint density at radius 2 is 2.12 bits per heavy atom. The van der Waals surface area contributed by atoms with Gasteiger partial charge in [-0.25, -0.2) is 0 Å². The predicted octanol–water partition coefficient (Wildman–Crippen LogP) is 1.38. The first-order valence-electron chi connectivity index (χ1n) is 6.47. The first-order valence-corrected chi connectivity index (χ1v) is 6.47. The summed E-state index contributed by atoms with van der Waals surface area (Å²) in [7, 11) is 0. The molecule has 4 N–H and O–H groups in total. The van der Waals surface area contributed by atoms with Gasteiger partial charge in [0.1, 0.15) is 0 Å². The number of hydrogen-bond donors (Lipinski definition) is 3. The summed E-state index contributed by atoms with van der Waals surface area (Å²) in [5, 5.41) is 12.1. The minimum atomic E-state index is 0.197. The van der Waals surface area contributed by atoms with E-state index in [-0.39, 0.29) is 12.6 Å². The van der Waals surface area contributed by atoms with Crippen molar-refractivity contribution in [2.75, 3.05) is 6.61 Å². The van der Waals surface area contributed by atoms with Crippen molar-refractivity contribution < 1.29 is 5.11 Å². The Bertz CT molecular complexity index is 212. The zero-order valence-corrected chi connectivity index (χ0v) is 10.3. The van der Waals surface area contributed by atoms with Gasteiger partial charge in [0.15, 0.2) is 5.96 Å². The fraction of sp³-hybridized carbons (Fsp3) is 0.917. The molecule has 0 amide bonds. The lowest BCUT2D eigenvalue weighted by molar-refractivity contribution is 0.269. The van der Waals surface area contributed by atoms with Crippen molar-refractivity contribution in [1.29, 1.82) is 0 Å². The minimum absolute atomic E-state index is 0.197. The lowest BCUT2D eigenvalue weighted by Gasteiger charge is -2.21. The van der Waals surface area contributed by atoms with Crippen LogP contribution in [0.2, 0.25) is 0 Å². The summed E-state index contributed by atoms with van der Waals surface area (Å²) < 4.78 is 0. The molecule has 0 radical (unpaired) electrons. The first-order chi connectivity index (χ1) is 7.76. The van der Waals surface area contributed by atoms with Gasteiger partial charge in [0.25, 0.3) is 0 Å². The van der Waals surface area contributed by atoms with Gasteiger partial charge in [0.2, 0.25) is 0 Å². The lowest BCUT2D eigenvalue weighted by atomic mass is 9.96. The third-order valence-corrected chi connectivity index (χ3v) is 3.22. The monoisotopic (exact) mass is 227 g/mol. The molecule has 1 aliphatic carbocycles. The number of aliphatic hydroxyl groups excluding tert-OH is 1. The van der Waals surface area contributed by atoms with E-state index in [0.29, 0.717) is 12.0 Å². The van der Waals surface area contributed by atoms with E-state index in [1.807, 2.05) is 0 Å². The highest BCUT2D eigenvalue weighted by Gasteiger charge is 2.13. The van der Waals surface area contributed by atoms with Gasteiger partial charge in [0, 0.05) is 12.6 Å². The Hall–Kier alpha value is -0.770. The fourth-order valence-corrected chi connectivity index (χ4v) is 2.19. The van der Waals surface area contributed by atoms with Gasteiger partial charge < -0.3 is 16.2 Å². The molecule has 0 spiro atoms. The van der Waals surface area contributed by atoms with Gasteiger partial charge in [-0.1, -0.05) is 26.2 Å². The van der Waals surface area contributed by atoms with Gasteiger partial charge in [-0.15, -0.1) is 0 Å². The molecule has 0 heterocycles. The van der Waals surface area contributed by atoms with Crippen molar-refractivity contribution in [3.8, 4) is 0 Å². The van der Waals surface area contributed by atoms with Gasteiger partial charge in [0.05, 0.1) is 6.04 Å². The maximum absolute atomic E-state index is 8.88. The number of nitrogens with one attached hydrogen (secondary N) is 1. The van der Waals surface area contributed by atoms with Gasteiger partial charge in [-0.2, -0.15) is 0 Å². The Kier molecular flexibility index (Phi) is 6.23. The van der Waals surface area contributed by atoms with Crippen LogP contribution in [0.3, 0.4) is 0 Å². The van der Waals surface area contributed by atoms with Crippen molar-refractivity contribution >= 4 is 5.96 Å². The summed E-state index contributed by atoms with van der Waals surface area (Å²) in [5.41, 5.74) is 5.87. The largest absolute Gasteiger partial charge is 0.396 e. The quantitative estimate of drug-likeness (QED) is 0.491. The van der Waals surface area contributed by atoms with Crippen molar-refractivity contribution in [3.63, 3.8) is 0 Å². The number of hydrogen-bond acceptors (Lipinski definition) is 2. The molecule has 1 saturated carbocycles. The molecule has 0 saturated heterocycles. The molecule has 0 aliphatic heterocycles. The normalized spacial score (nSPS) is 20.8. The van der Waals surface area contributed by atoms with Crippen molar-refractivity contribution in [1.82, 2.24) is 5.32 Å². The SMILES string of the molecule is CCC(CCO)NC(N)=NC1CCCCC1. The fourth-order valence-electron chi connectivity index (χ4n) is 2.19. The second-order valence-electron chi connectivity index (χ2n) is 4.57. The zero-order valence-electron chi connectivity index (χ0n) is 10.3. The maximum atomic E-state index is 8.88. The summed E-state index contributed by atoms with van der Waals surface area (Å²) in [5.74, 6) is 0.548. The van der Waals surface area contributed by atoms with E-state index in [1.165, 1.54) is 32.1 Å². The number of aliphatic imine (C=N–C) groups is 1. The Labute approximate surface area is 98.3 Å². The Morgan fingerprint density at radius 1 is 1.44 bits per heavy atom. The molecule has 94 valence electrons. The van der Waals surface area contributed by atoms with Crippen LogP contribution in [0.25, 0.3) is 0 Å². The Balaban J connectivity index is 2.36. The van der Waals surface area contributed by atoms with Crippen LogP contribution in [0.1, 0.15) is 51.9 Å². The molecule has 4 heteroatoms. The maximum Gasteiger partial charge on any atom is 0.189 e. The second kappa shape index (κ2) is 7.49. The van der Waals surface area contributed by atoms with Crippen LogP contribution in [-0.2, 0) is 0 Å². The number of rotatable bonds is 5. The molecular weight excluding hydrogens is 202 g/mol. The molecule has 0 bridgehead atoms. The lowest BCUT2D eigenvalue weighted by Crippen LogP contribution is -2.41. The molecule has 1 aliphatic rings. The Morgan fingerprint density at radius 3 is 2.69 bits per heavy atom. The smallest absolute Gasteiger partial charge is 0.189 e. The van der Waals surface area contributed by atoms with Crippen molar-refractivity contribution in [3.05, 3.63) is 0 Å². The van der Waals surface area contributed by atoms with E-state index in [1.54, 1.807) is 0 Å².